The number of hydrogen-bond acceptors (Lipinski definition) is 5. The number of esters is 1. The Balaban J connectivity index is 1.77. The van der Waals surface area contributed by atoms with Crippen molar-refractivity contribution in [2.45, 2.75) is 53.0 Å². The van der Waals surface area contributed by atoms with Gasteiger partial charge in [0.15, 0.2) is 0 Å². The first-order valence-corrected chi connectivity index (χ1v) is 11.4. The van der Waals surface area contributed by atoms with Crippen molar-refractivity contribution in [1.29, 1.82) is 0 Å². The van der Waals surface area contributed by atoms with E-state index in [4.69, 9.17) is 14.5 Å². The van der Waals surface area contributed by atoms with Crippen LogP contribution < -0.4 is 10.1 Å². The minimum Gasteiger partial charge on any atom is -0.494 e. The number of carbonyl (C=O) groups is 1. The van der Waals surface area contributed by atoms with Crippen LogP contribution in [0.4, 0.5) is 11.6 Å². The number of rotatable bonds is 6. The number of ether oxygens (including phenoxy) is 2. The van der Waals surface area contributed by atoms with Gasteiger partial charge in [0.1, 0.15) is 5.75 Å². The highest BCUT2D eigenvalue weighted by molar-refractivity contribution is 5.94. The molecule has 1 N–H and O–H groups in total. The van der Waals surface area contributed by atoms with Gasteiger partial charge >= 0.3 is 5.97 Å². The molecule has 6 heteroatoms. The van der Waals surface area contributed by atoms with Gasteiger partial charge in [0.25, 0.3) is 0 Å². The number of benzene rings is 2. The van der Waals surface area contributed by atoms with Crippen molar-refractivity contribution in [2.75, 3.05) is 19.0 Å². The van der Waals surface area contributed by atoms with E-state index in [1.807, 2.05) is 49.4 Å². The van der Waals surface area contributed by atoms with E-state index in [1.165, 1.54) is 13.5 Å². The highest BCUT2D eigenvalue weighted by Crippen LogP contribution is 2.46. The molecule has 1 aromatic heterocycles. The van der Waals surface area contributed by atoms with Crippen LogP contribution in [-0.2, 0) is 4.74 Å². The summed E-state index contributed by atoms with van der Waals surface area (Å²) in [5.74, 6) is 1.92. The van der Waals surface area contributed by atoms with Crippen LogP contribution in [0.3, 0.4) is 0 Å². The second-order valence-electron chi connectivity index (χ2n) is 9.65. The fraction of sp³-hybridized carbons (Fsp3) is 0.462. The summed E-state index contributed by atoms with van der Waals surface area (Å²) in [5, 5.41) is 3.51. The number of carbonyl (C=O) groups excluding carboxylic acids is 1. The minimum absolute atomic E-state index is 0.265. The number of anilines is 2. The van der Waals surface area contributed by atoms with Crippen LogP contribution in [0.1, 0.15) is 63.4 Å². The molecule has 4 rings (SSSR count). The van der Waals surface area contributed by atoms with Gasteiger partial charge in [-0.2, -0.15) is 0 Å². The van der Waals surface area contributed by atoms with Crippen molar-refractivity contribution < 1.29 is 14.3 Å². The molecule has 32 heavy (non-hydrogen) atoms. The lowest BCUT2D eigenvalue weighted by molar-refractivity contribution is 0.0601. The number of methoxy groups -OCH3 is 1. The van der Waals surface area contributed by atoms with E-state index in [0.717, 1.165) is 41.3 Å². The van der Waals surface area contributed by atoms with Gasteiger partial charge in [-0.05, 0) is 80.0 Å². The van der Waals surface area contributed by atoms with Crippen LogP contribution >= 0.6 is 0 Å². The van der Waals surface area contributed by atoms with E-state index in [9.17, 15) is 4.79 Å². The Morgan fingerprint density at radius 3 is 2.59 bits per heavy atom. The van der Waals surface area contributed by atoms with Crippen molar-refractivity contribution >= 4 is 28.6 Å². The predicted molar refractivity (Wildman–Crippen MR) is 128 cm³/mol. The molecule has 1 heterocycles. The molecule has 1 saturated carbocycles. The first kappa shape index (κ1) is 22.2. The van der Waals surface area contributed by atoms with Crippen LogP contribution in [-0.4, -0.2) is 29.2 Å². The van der Waals surface area contributed by atoms with Gasteiger partial charge in [0.2, 0.25) is 5.95 Å². The van der Waals surface area contributed by atoms with Gasteiger partial charge < -0.3 is 19.4 Å². The van der Waals surface area contributed by atoms with Gasteiger partial charge in [-0.3, -0.25) is 0 Å². The molecule has 2 atom stereocenters. The van der Waals surface area contributed by atoms with E-state index in [-0.39, 0.29) is 11.4 Å². The molecule has 0 spiro atoms. The third-order valence-electron chi connectivity index (χ3n) is 6.26. The maximum absolute atomic E-state index is 12.1. The maximum atomic E-state index is 12.1. The largest absolute Gasteiger partial charge is 0.494 e. The number of nitrogens with zero attached hydrogens (tertiary/aromatic N) is 2. The first-order valence-electron chi connectivity index (χ1n) is 11.4. The van der Waals surface area contributed by atoms with E-state index in [2.05, 4.69) is 30.7 Å². The Morgan fingerprint density at radius 2 is 1.94 bits per heavy atom. The summed E-state index contributed by atoms with van der Waals surface area (Å²) in [7, 11) is 1.40. The quantitative estimate of drug-likeness (QED) is 0.457. The van der Waals surface area contributed by atoms with Crippen LogP contribution in [0.15, 0.2) is 42.5 Å². The average Bonchev–Trinajstić information content (AvgIpc) is 3.10. The summed E-state index contributed by atoms with van der Waals surface area (Å²) in [6.45, 7) is 9.65. The van der Waals surface area contributed by atoms with E-state index >= 15 is 0 Å². The number of aromatic nitrogens is 2. The second-order valence-corrected chi connectivity index (χ2v) is 9.65. The molecule has 0 radical (unpaired) electrons. The molecule has 0 aliphatic heterocycles. The summed E-state index contributed by atoms with van der Waals surface area (Å²) in [4.78, 5) is 17.0. The molecule has 2 aromatic carbocycles. The van der Waals surface area contributed by atoms with Crippen LogP contribution in [0.2, 0.25) is 0 Å². The highest BCUT2D eigenvalue weighted by atomic mass is 16.5. The third-order valence-corrected chi connectivity index (χ3v) is 6.26. The maximum Gasteiger partial charge on any atom is 0.337 e. The predicted octanol–water partition coefficient (Wildman–Crippen LogP) is 6.35. The Labute approximate surface area is 189 Å². The molecule has 0 amide bonds. The van der Waals surface area contributed by atoms with Crippen molar-refractivity contribution in [1.82, 2.24) is 9.55 Å². The zero-order valence-electron chi connectivity index (χ0n) is 19.6. The van der Waals surface area contributed by atoms with Crippen LogP contribution in [0, 0.1) is 11.3 Å². The lowest BCUT2D eigenvalue weighted by Gasteiger charge is -2.40. The summed E-state index contributed by atoms with van der Waals surface area (Å²) in [6, 6.07) is 13.9. The molecule has 3 aromatic rings. The smallest absolute Gasteiger partial charge is 0.337 e. The average molecular weight is 436 g/mol. The molecule has 6 nitrogen and oxygen atoms in total. The zero-order valence-corrected chi connectivity index (χ0v) is 19.6. The number of hydrogen-bond donors (Lipinski definition) is 1. The minimum atomic E-state index is -0.352. The Hall–Kier alpha value is -3.02. The third kappa shape index (κ3) is 4.59. The fourth-order valence-corrected chi connectivity index (χ4v) is 5.22. The normalized spacial score (nSPS) is 20.2. The number of fused-ring (bicyclic) bond motifs is 1. The summed E-state index contributed by atoms with van der Waals surface area (Å²) in [5.41, 5.74) is 3.54. The monoisotopic (exact) mass is 435 g/mol. The molecule has 1 aliphatic carbocycles. The molecular formula is C26H33N3O3. The highest BCUT2D eigenvalue weighted by Gasteiger charge is 2.34. The van der Waals surface area contributed by atoms with E-state index in [1.54, 1.807) is 0 Å². The lowest BCUT2D eigenvalue weighted by Crippen LogP contribution is -2.29. The van der Waals surface area contributed by atoms with Crippen molar-refractivity contribution in [3.8, 4) is 5.75 Å². The lowest BCUT2D eigenvalue weighted by atomic mass is 9.70. The zero-order chi connectivity index (χ0) is 22.9. The molecule has 170 valence electrons. The summed E-state index contributed by atoms with van der Waals surface area (Å²) in [6.07, 6.45) is 3.41. The van der Waals surface area contributed by atoms with Gasteiger partial charge in [-0.1, -0.05) is 20.8 Å². The number of nitrogens with one attached hydrogen (secondary N) is 1. The van der Waals surface area contributed by atoms with Crippen molar-refractivity contribution in [3.05, 3.63) is 48.0 Å². The summed E-state index contributed by atoms with van der Waals surface area (Å²) >= 11 is 0. The Morgan fingerprint density at radius 1 is 1.19 bits per heavy atom. The molecule has 0 saturated heterocycles. The molecule has 0 bridgehead atoms. The van der Waals surface area contributed by atoms with Gasteiger partial charge in [0.05, 0.1) is 30.3 Å². The van der Waals surface area contributed by atoms with Crippen molar-refractivity contribution in [2.24, 2.45) is 11.3 Å². The number of imidazole rings is 1. The van der Waals surface area contributed by atoms with Gasteiger partial charge in [0, 0.05) is 11.7 Å². The molecule has 0 unspecified atom stereocenters. The summed E-state index contributed by atoms with van der Waals surface area (Å²) < 4.78 is 12.8. The molecule has 1 fully saturated rings. The Kier molecular flexibility index (Phi) is 6.13. The SMILES string of the molecule is CCOc1ccc(Nc2nc3cc(C(=O)OC)ccc3n2[C@H]2C[C@H](C)CC(C)(C)C2)cc1. The first-order chi connectivity index (χ1) is 15.3. The van der Waals surface area contributed by atoms with E-state index in [0.29, 0.717) is 24.1 Å². The van der Waals surface area contributed by atoms with Crippen molar-refractivity contribution in [3.63, 3.8) is 0 Å². The standard InChI is InChI=1S/C26H33N3O3/c1-6-32-21-10-8-19(9-11-21)27-25-28-22-14-18(24(30)31-5)7-12-23(22)29(25)20-13-17(2)15-26(3,4)16-20/h7-12,14,17,20H,6,13,15-16H2,1-5H3,(H,27,28)/t17-,20-/m0/s1. The molecular weight excluding hydrogens is 402 g/mol. The molecule has 1 aliphatic rings. The second kappa shape index (κ2) is 8.85. The van der Waals surface area contributed by atoms with Gasteiger partial charge in [-0.15, -0.1) is 0 Å². The topological polar surface area (TPSA) is 65.4 Å². The van der Waals surface area contributed by atoms with Crippen LogP contribution in [0.5, 0.6) is 5.75 Å². The van der Waals surface area contributed by atoms with Crippen LogP contribution in [0.25, 0.3) is 11.0 Å². The van der Waals surface area contributed by atoms with E-state index < -0.39 is 0 Å². The Bertz CT molecular complexity index is 1100. The van der Waals surface area contributed by atoms with Gasteiger partial charge in [-0.25, -0.2) is 9.78 Å². The fourth-order valence-electron chi connectivity index (χ4n) is 5.22.